The molecule has 0 heterocycles. The molecule has 0 bridgehead atoms. The molecular formula is C16H25N3. The van der Waals surface area contributed by atoms with E-state index in [1.807, 2.05) is 19.1 Å². The van der Waals surface area contributed by atoms with Gasteiger partial charge in [0.15, 0.2) is 0 Å². The number of anilines is 1. The van der Waals surface area contributed by atoms with Gasteiger partial charge in [-0.25, -0.2) is 0 Å². The average Bonchev–Trinajstić information content (AvgIpc) is 2.42. The molecule has 0 aromatic heterocycles. The first-order chi connectivity index (χ1) is 9.08. The second kappa shape index (κ2) is 6.09. The number of aryl methyl sites for hydroxylation is 1. The zero-order chi connectivity index (χ0) is 13.8. The van der Waals surface area contributed by atoms with Crippen molar-refractivity contribution in [3.8, 4) is 0 Å². The second-order valence-electron chi connectivity index (χ2n) is 5.64. The first kappa shape index (κ1) is 13.9. The van der Waals surface area contributed by atoms with E-state index in [2.05, 4.69) is 25.0 Å². The zero-order valence-electron chi connectivity index (χ0n) is 12.3. The van der Waals surface area contributed by atoms with E-state index >= 15 is 0 Å². The van der Waals surface area contributed by atoms with Crippen LogP contribution >= 0.6 is 0 Å². The fourth-order valence-corrected chi connectivity index (χ4v) is 2.81. The molecule has 2 N–H and O–H groups in total. The molecule has 0 aliphatic heterocycles. The van der Waals surface area contributed by atoms with E-state index in [4.69, 9.17) is 10.8 Å². The molecule has 0 radical (unpaired) electrons. The Morgan fingerprint density at radius 3 is 2.63 bits per heavy atom. The zero-order valence-corrected chi connectivity index (χ0v) is 12.3. The van der Waals surface area contributed by atoms with Crippen LogP contribution in [0.4, 0.5) is 5.69 Å². The maximum atomic E-state index is 6.05. The number of hydrazone groups is 1. The molecule has 104 valence electrons. The maximum Gasteiger partial charge on any atom is 0.0667 e. The van der Waals surface area contributed by atoms with Crippen LogP contribution in [-0.2, 0) is 0 Å². The molecule has 0 atom stereocenters. The third-order valence-electron chi connectivity index (χ3n) is 4.01. The summed E-state index contributed by atoms with van der Waals surface area (Å²) < 4.78 is 0. The van der Waals surface area contributed by atoms with E-state index in [0.717, 1.165) is 17.0 Å². The molecule has 1 aliphatic carbocycles. The predicted molar refractivity (Wildman–Crippen MR) is 82.4 cm³/mol. The Bertz CT molecular complexity index is 459. The van der Waals surface area contributed by atoms with Gasteiger partial charge in [-0.05, 0) is 38.8 Å². The summed E-state index contributed by atoms with van der Waals surface area (Å²) in [6.45, 7) is 4.13. The Morgan fingerprint density at radius 2 is 1.95 bits per heavy atom. The summed E-state index contributed by atoms with van der Waals surface area (Å²) in [6, 6.07) is 6.71. The largest absolute Gasteiger partial charge is 0.398 e. The van der Waals surface area contributed by atoms with Crippen molar-refractivity contribution >= 4 is 11.4 Å². The summed E-state index contributed by atoms with van der Waals surface area (Å²) in [6.07, 6.45) is 6.55. The van der Waals surface area contributed by atoms with Crippen molar-refractivity contribution in [3.05, 3.63) is 29.3 Å². The van der Waals surface area contributed by atoms with Gasteiger partial charge in [0.05, 0.1) is 5.71 Å². The third kappa shape index (κ3) is 3.49. The molecule has 1 aromatic carbocycles. The standard InChI is InChI=1S/C16H25N3/c1-12-9-10-16(17)15(11-12)13(2)18-19(3)14-7-5-4-6-8-14/h9-11,14H,4-8,17H2,1-3H3/b18-13+. The Balaban J connectivity index is 2.15. The minimum Gasteiger partial charge on any atom is -0.398 e. The van der Waals surface area contributed by atoms with Crippen molar-refractivity contribution < 1.29 is 0 Å². The van der Waals surface area contributed by atoms with E-state index in [0.29, 0.717) is 6.04 Å². The Kier molecular flexibility index (Phi) is 4.46. The minimum absolute atomic E-state index is 0.592. The molecule has 3 heteroatoms. The first-order valence-corrected chi connectivity index (χ1v) is 7.22. The molecule has 0 unspecified atom stereocenters. The Hall–Kier alpha value is -1.51. The topological polar surface area (TPSA) is 41.6 Å². The van der Waals surface area contributed by atoms with Crippen molar-refractivity contribution in [2.24, 2.45) is 5.10 Å². The fraction of sp³-hybridized carbons (Fsp3) is 0.562. The van der Waals surface area contributed by atoms with E-state index in [9.17, 15) is 0 Å². The lowest BCUT2D eigenvalue weighted by atomic mass is 9.95. The summed E-state index contributed by atoms with van der Waals surface area (Å²) in [5.41, 5.74) is 10.1. The van der Waals surface area contributed by atoms with Gasteiger partial charge < -0.3 is 5.73 Å². The van der Waals surface area contributed by atoms with Crippen LogP contribution < -0.4 is 5.73 Å². The van der Waals surface area contributed by atoms with Crippen molar-refractivity contribution in [2.75, 3.05) is 12.8 Å². The number of benzene rings is 1. The molecule has 1 saturated carbocycles. The van der Waals surface area contributed by atoms with Crippen LogP contribution in [0, 0.1) is 6.92 Å². The quantitative estimate of drug-likeness (QED) is 0.512. The van der Waals surface area contributed by atoms with Crippen LogP contribution in [0.1, 0.15) is 50.2 Å². The van der Waals surface area contributed by atoms with Gasteiger partial charge in [-0.1, -0.05) is 30.9 Å². The molecule has 1 fully saturated rings. The second-order valence-corrected chi connectivity index (χ2v) is 5.64. The van der Waals surface area contributed by atoms with Gasteiger partial charge >= 0.3 is 0 Å². The molecule has 0 saturated heterocycles. The van der Waals surface area contributed by atoms with Crippen LogP contribution in [0.25, 0.3) is 0 Å². The molecule has 2 rings (SSSR count). The third-order valence-corrected chi connectivity index (χ3v) is 4.01. The summed E-state index contributed by atoms with van der Waals surface area (Å²) in [5, 5.41) is 6.88. The van der Waals surface area contributed by atoms with Crippen molar-refractivity contribution in [1.29, 1.82) is 0 Å². The van der Waals surface area contributed by atoms with Crippen molar-refractivity contribution in [3.63, 3.8) is 0 Å². The number of rotatable bonds is 3. The lowest BCUT2D eigenvalue weighted by molar-refractivity contribution is 0.199. The Morgan fingerprint density at radius 1 is 1.26 bits per heavy atom. The van der Waals surface area contributed by atoms with Crippen LogP contribution in [-0.4, -0.2) is 23.8 Å². The van der Waals surface area contributed by atoms with E-state index in [-0.39, 0.29) is 0 Å². The Labute approximate surface area is 116 Å². The number of hydrogen-bond acceptors (Lipinski definition) is 3. The average molecular weight is 259 g/mol. The molecule has 0 amide bonds. The number of nitrogen functional groups attached to an aromatic ring is 1. The van der Waals surface area contributed by atoms with Crippen LogP contribution in [0.5, 0.6) is 0 Å². The first-order valence-electron chi connectivity index (χ1n) is 7.22. The molecule has 19 heavy (non-hydrogen) atoms. The highest BCUT2D eigenvalue weighted by Crippen LogP contribution is 2.22. The van der Waals surface area contributed by atoms with Gasteiger partial charge in [-0.3, -0.25) is 5.01 Å². The van der Waals surface area contributed by atoms with Crippen LogP contribution in [0.2, 0.25) is 0 Å². The van der Waals surface area contributed by atoms with Gasteiger partial charge in [0, 0.05) is 24.3 Å². The minimum atomic E-state index is 0.592. The summed E-state index contributed by atoms with van der Waals surface area (Å²) in [7, 11) is 2.09. The molecule has 0 spiro atoms. The number of nitrogens with zero attached hydrogens (tertiary/aromatic N) is 2. The van der Waals surface area contributed by atoms with Gasteiger partial charge in [-0.15, -0.1) is 0 Å². The highest BCUT2D eigenvalue weighted by Gasteiger charge is 2.17. The highest BCUT2D eigenvalue weighted by atomic mass is 15.5. The van der Waals surface area contributed by atoms with E-state index in [1.165, 1.54) is 37.7 Å². The summed E-state index contributed by atoms with van der Waals surface area (Å²) in [4.78, 5) is 0. The number of hydrogen-bond donors (Lipinski definition) is 1. The smallest absolute Gasteiger partial charge is 0.0667 e. The lowest BCUT2D eigenvalue weighted by Crippen LogP contribution is -2.30. The van der Waals surface area contributed by atoms with Crippen molar-refractivity contribution in [1.82, 2.24) is 5.01 Å². The normalized spacial score (nSPS) is 17.5. The molecule has 1 aromatic rings. The predicted octanol–water partition coefficient (Wildman–Crippen LogP) is 3.57. The van der Waals surface area contributed by atoms with Gasteiger partial charge in [0.2, 0.25) is 0 Å². The van der Waals surface area contributed by atoms with E-state index < -0.39 is 0 Å². The summed E-state index contributed by atoms with van der Waals surface area (Å²) in [5.74, 6) is 0. The van der Waals surface area contributed by atoms with E-state index in [1.54, 1.807) is 0 Å². The fourth-order valence-electron chi connectivity index (χ4n) is 2.81. The van der Waals surface area contributed by atoms with Gasteiger partial charge in [0.1, 0.15) is 0 Å². The lowest BCUT2D eigenvalue weighted by Gasteiger charge is -2.29. The molecule has 3 nitrogen and oxygen atoms in total. The van der Waals surface area contributed by atoms with Gasteiger partial charge in [-0.2, -0.15) is 5.10 Å². The van der Waals surface area contributed by atoms with Gasteiger partial charge in [0.25, 0.3) is 0 Å². The molecular weight excluding hydrogens is 234 g/mol. The van der Waals surface area contributed by atoms with Crippen LogP contribution in [0.3, 0.4) is 0 Å². The monoisotopic (exact) mass is 259 g/mol. The maximum absolute atomic E-state index is 6.05. The summed E-state index contributed by atoms with van der Waals surface area (Å²) >= 11 is 0. The van der Waals surface area contributed by atoms with Crippen LogP contribution in [0.15, 0.2) is 23.3 Å². The number of nitrogens with two attached hydrogens (primary N) is 1. The SMILES string of the molecule is C/C(=N\N(C)C1CCCCC1)c1cc(C)ccc1N. The van der Waals surface area contributed by atoms with Crippen molar-refractivity contribution in [2.45, 2.75) is 52.0 Å². The molecule has 1 aliphatic rings. The highest BCUT2D eigenvalue weighted by molar-refractivity contribution is 6.03.